The molecule has 4 bridgehead atoms. The van der Waals surface area contributed by atoms with E-state index in [2.05, 4.69) is 26.6 Å². The zero-order chi connectivity index (χ0) is 17.4. The average Bonchev–Trinajstić information content (AvgIpc) is 2.53. The molecule has 0 unspecified atom stereocenters. The van der Waals surface area contributed by atoms with Crippen molar-refractivity contribution in [2.24, 2.45) is 23.2 Å². The van der Waals surface area contributed by atoms with Crippen molar-refractivity contribution in [3.8, 4) is 0 Å². The van der Waals surface area contributed by atoms with Crippen molar-refractivity contribution < 1.29 is 9.59 Å². The van der Waals surface area contributed by atoms with E-state index in [1.165, 1.54) is 19.3 Å². The number of hydrogen-bond acceptors (Lipinski definition) is 2. The normalized spacial score (nSPS) is 32.4. The fraction of sp³-hybridized carbons (Fsp3) is 0.600. The Bertz CT molecular complexity index is 653. The fourth-order valence-corrected chi connectivity index (χ4v) is 6.05. The van der Waals surface area contributed by atoms with E-state index in [0.29, 0.717) is 13.0 Å². The Labute approximate surface area is 157 Å². The molecule has 5 heteroatoms. The summed E-state index contributed by atoms with van der Waals surface area (Å²) in [4.78, 5) is 24.9. The van der Waals surface area contributed by atoms with Gasteiger partial charge in [0.15, 0.2) is 0 Å². The number of rotatable bonds is 5. The number of amides is 2. The van der Waals surface area contributed by atoms with Crippen LogP contribution in [0.15, 0.2) is 28.7 Å². The molecule has 0 saturated heterocycles. The van der Waals surface area contributed by atoms with Crippen molar-refractivity contribution in [1.29, 1.82) is 0 Å². The summed E-state index contributed by atoms with van der Waals surface area (Å²) in [6.45, 7) is 0.417. The lowest BCUT2D eigenvalue weighted by molar-refractivity contribution is -0.146. The van der Waals surface area contributed by atoms with Crippen LogP contribution in [0.3, 0.4) is 0 Å². The summed E-state index contributed by atoms with van der Waals surface area (Å²) in [5.74, 6) is 2.41. The first-order valence-corrected chi connectivity index (χ1v) is 10.2. The lowest BCUT2D eigenvalue weighted by Gasteiger charge is -2.55. The smallest absolute Gasteiger partial charge is 0.226 e. The number of benzene rings is 1. The number of hydrogen-bond donors (Lipinski definition) is 2. The highest BCUT2D eigenvalue weighted by atomic mass is 79.9. The molecule has 1 aromatic carbocycles. The van der Waals surface area contributed by atoms with Gasteiger partial charge in [0.2, 0.25) is 11.8 Å². The first-order valence-electron chi connectivity index (χ1n) is 9.36. The Hall–Kier alpha value is -1.36. The Morgan fingerprint density at radius 1 is 1.08 bits per heavy atom. The molecule has 0 radical (unpaired) electrons. The van der Waals surface area contributed by atoms with Crippen molar-refractivity contribution >= 4 is 33.4 Å². The summed E-state index contributed by atoms with van der Waals surface area (Å²) in [7, 11) is 0. The van der Waals surface area contributed by atoms with Gasteiger partial charge in [-0.25, -0.2) is 0 Å². The van der Waals surface area contributed by atoms with Gasteiger partial charge in [-0.2, -0.15) is 0 Å². The van der Waals surface area contributed by atoms with Gasteiger partial charge in [0.25, 0.3) is 0 Å². The van der Waals surface area contributed by atoms with Crippen molar-refractivity contribution in [1.82, 2.24) is 5.32 Å². The van der Waals surface area contributed by atoms with Crippen LogP contribution in [-0.2, 0) is 9.59 Å². The van der Waals surface area contributed by atoms with Crippen LogP contribution in [0.25, 0.3) is 0 Å². The number of halogens is 1. The summed E-state index contributed by atoms with van der Waals surface area (Å²) >= 11 is 3.39. The molecular weight excluding hydrogens is 380 g/mol. The van der Waals surface area contributed by atoms with E-state index in [4.69, 9.17) is 0 Å². The first kappa shape index (κ1) is 17.1. The third kappa shape index (κ3) is 3.62. The molecule has 25 heavy (non-hydrogen) atoms. The SMILES string of the molecule is O=C(CCNC(=O)C12CC3CC(CC(C3)C1)C2)Nc1cccc(Br)c1. The largest absolute Gasteiger partial charge is 0.355 e. The topological polar surface area (TPSA) is 58.2 Å². The maximum absolute atomic E-state index is 12.8. The molecule has 2 amide bonds. The number of carbonyl (C=O) groups is 2. The monoisotopic (exact) mass is 404 g/mol. The lowest BCUT2D eigenvalue weighted by atomic mass is 9.49. The summed E-state index contributed by atoms with van der Waals surface area (Å²) in [6, 6.07) is 7.53. The maximum atomic E-state index is 12.8. The van der Waals surface area contributed by atoms with Crippen LogP contribution in [0.1, 0.15) is 44.9 Å². The van der Waals surface area contributed by atoms with Crippen LogP contribution in [0.4, 0.5) is 5.69 Å². The Balaban J connectivity index is 1.27. The average molecular weight is 405 g/mol. The van der Waals surface area contributed by atoms with Gasteiger partial charge in [0.05, 0.1) is 0 Å². The van der Waals surface area contributed by atoms with Crippen LogP contribution in [0, 0.1) is 23.2 Å². The zero-order valence-electron chi connectivity index (χ0n) is 14.4. The summed E-state index contributed by atoms with van der Waals surface area (Å²) < 4.78 is 0.931. The molecule has 0 aliphatic heterocycles. The first-order chi connectivity index (χ1) is 12.0. The highest BCUT2D eigenvalue weighted by molar-refractivity contribution is 9.10. The second-order valence-electron chi connectivity index (χ2n) is 8.26. The number of anilines is 1. The van der Waals surface area contributed by atoms with Crippen molar-refractivity contribution in [2.45, 2.75) is 44.9 Å². The highest BCUT2D eigenvalue weighted by Crippen LogP contribution is 2.60. The van der Waals surface area contributed by atoms with Gasteiger partial charge in [-0.1, -0.05) is 22.0 Å². The van der Waals surface area contributed by atoms with E-state index in [1.54, 1.807) is 0 Å². The molecule has 4 saturated carbocycles. The van der Waals surface area contributed by atoms with E-state index < -0.39 is 0 Å². The molecule has 0 aromatic heterocycles. The summed E-state index contributed by atoms with van der Waals surface area (Å²) in [5.41, 5.74) is 0.641. The molecule has 0 heterocycles. The van der Waals surface area contributed by atoms with Crippen LogP contribution >= 0.6 is 15.9 Å². The fourth-order valence-electron chi connectivity index (χ4n) is 5.66. The molecule has 2 N–H and O–H groups in total. The molecule has 4 aliphatic carbocycles. The van der Waals surface area contributed by atoms with Crippen molar-refractivity contribution in [2.75, 3.05) is 11.9 Å². The molecule has 0 atom stereocenters. The number of nitrogens with one attached hydrogen (secondary N) is 2. The lowest BCUT2D eigenvalue weighted by Crippen LogP contribution is -2.53. The van der Waals surface area contributed by atoms with E-state index in [1.807, 2.05) is 24.3 Å². The molecule has 1 aromatic rings. The summed E-state index contributed by atoms with van der Waals surface area (Å²) in [5, 5.41) is 5.93. The summed E-state index contributed by atoms with van der Waals surface area (Å²) in [6.07, 6.45) is 7.51. The van der Waals surface area contributed by atoms with E-state index in [0.717, 1.165) is 47.2 Å². The van der Waals surface area contributed by atoms with Gasteiger partial charge in [-0.15, -0.1) is 0 Å². The van der Waals surface area contributed by atoms with E-state index in [9.17, 15) is 9.59 Å². The predicted octanol–water partition coefficient (Wildman–Crippen LogP) is 4.11. The minimum absolute atomic E-state index is 0.0658. The molecule has 4 nitrogen and oxygen atoms in total. The van der Waals surface area contributed by atoms with E-state index >= 15 is 0 Å². The van der Waals surface area contributed by atoms with Gasteiger partial charge in [-0.3, -0.25) is 9.59 Å². The second kappa shape index (κ2) is 6.75. The third-order valence-electron chi connectivity index (χ3n) is 6.27. The standard InChI is InChI=1S/C20H25BrN2O2/c21-16-2-1-3-17(9-16)23-18(24)4-5-22-19(25)20-10-13-6-14(11-20)8-15(7-13)12-20/h1-3,9,13-15H,4-8,10-12H2,(H,22,25)(H,23,24). The number of carbonyl (C=O) groups excluding carboxylic acids is 2. The van der Waals surface area contributed by atoms with Crippen LogP contribution in [0.5, 0.6) is 0 Å². The van der Waals surface area contributed by atoms with Crippen LogP contribution < -0.4 is 10.6 Å². The molecular formula is C20H25BrN2O2. The van der Waals surface area contributed by atoms with Crippen LogP contribution in [0.2, 0.25) is 0 Å². The Morgan fingerprint density at radius 3 is 2.32 bits per heavy atom. The second-order valence-corrected chi connectivity index (χ2v) is 9.18. The minimum atomic E-state index is -0.129. The Morgan fingerprint density at radius 2 is 1.72 bits per heavy atom. The molecule has 4 fully saturated rings. The van der Waals surface area contributed by atoms with Gasteiger partial charge in [-0.05, 0) is 74.5 Å². The van der Waals surface area contributed by atoms with Crippen molar-refractivity contribution in [3.05, 3.63) is 28.7 Å². The quantitative estimate of drug-likeness (QED) is 0.775. The molecule has 134 valence electrons. The van der Waals surface area contributed by atoms with Gasteiger partial charge in [0, 0.05) is 28.5 Å². The molecule has 5 rings (SSSR count). The zero-order valence-corrected chi connectivity index (χ0v) is 16.0. The minimum Gasteiger partial charge on any atom is -0.355 e. The van der Waals surface area contributed by atoms with E-state index in [-0.39, 0.29) is 17.2 Å². The maximum Gasteiger partial charge on any atom is 0.226 e. The molecule has 4 aliphatic rings. The predicted molar refractivity (Wildman–Crippen MR) is 101 cm³/mol. The van der Waals surface area contributed by atoms with Crippen LogP contribution in [-0.4, -0.2) is 18.4 Å². The Kier molecular flexibility index (Phi) is 4.61. The van der Waals surface area contributed by atoms with Gasteiger partial charge < -0.3 is 10.6 Å². The van der Waals surface area contributed by atoms with Gasteiger partial charge in [0.1, 0.15) is 0 Å². The molecule has 0 spiro atoms. The third-order valence-corrected chi connectivity index (χ3v) is 6.76. The van der Waals surface area contributed by atoms with Gasteiger partial charge >= 0.3 is 0 Å². The van der Waals surface area contributed by atoms with Crippen molar-refractivity contribution in [3.63, 3.8) is 0 Å². The highest BCUT2D eigenvalue weighted by Gasteiger charge is 2.54.